The van der Waals surface area contributed by atoms with Crippen LogP contribution in [0.2, 0.25) is 0 Å². The lowest BCUT2D eigenvalue weighted by molar-refractivity contribution is -0.137. The molecule has 0 heterocycles. The molecule has 0 bridgehead atoms. The van der Waals surface area contributed by atoms with Gasteiger partial charge in [0.15, 0.2) is 5.78 Å². The average Bonchev–Trinajstić information content (AvgIpc) is 2.52. The van der Waals surface area contributed by atoms with Gasteiger partial charge in [0.25, 0.3) is 5.91 Å². The Balaban J connectivity index is 2.25. The van der Waals surface area contributed by atoms with Gasteiger partial charge in [-0.25, -0.2) is 0 Å². The van der Waals surface area contributed by atoms with Crippen LogP contribution in [0.1, 0.15) is 18.1 Å². The Morgan fingerprint density at radius 3 is 2.04 bits per heavy atom. The van der Waals surface area contributed by atoms with Crippen LogP contribution in [0.25, 0.3) is 6.08 Å². The van der Waals surface area contributed by atoms with Crippen molar-refractivity contribution in [2.75, 3.05) is 5.32 Å². The third kappa shape index (κ3) is 4.55. The van der Waals surface area contributed by atoms with Crippen molar-refractivity contribution in [1.29, 1.82) is 0 Å². The number of rotatable bonds is 4. The van der Waals surface area contributed by atoms with Gasteiger partial charge in [-0.15, -0.1) is 0 Å². The second kappa shape index (κ2) is 7.12. The van der Waals surface area contributed by atoms with Crippen LogP contribution in [-0.4, -0.2) is 11.7 Å². The van der Waals surface area contributed by atoms with Crippen molar-refractivity contribution in [2.24, 2.45) is 0 Å². The Kier molecular flexibility index (Phi) is 5.18. The molecule has 24 heavy (non-hydrogen) atoms. The Hall–Kier alpha value is -2.89. The molecule has 3 nitrogen and oxygen atoms in total. The molecular formula is C18H14F3NO2. The molecule has 0 radical (unpaired) electrons. The van der Waals surface area contributed by atoms with E-state index in [1.807, 2.05) is 0 Å². The number of alkyl halides is 3. The van der Waals surface area contributed by atoms with Crippen LogP contribution in [0.3, 0.4) is 0 Å². The van der Waals surface area contributed by atoms with E-state index in [2.05, 4.69) is 5.32 Å². The van der Waals surface area contributed by atoms with Crippen LogP contribution in [0.15, 0.2) is 60.2 Å². The summed E-state index contributed by atoms with van der Waals surface area (Å²) in [5, 5.41) is 2.57. The van der Waals surface area contributed by atoms with Crippen molar-refractivity contribution >= 4 is 23.5 Å². The molecule has 1 amide bonds. The van der Waals surface area contributed by atoms with Crippen molar-refractivity contribution < 1.29 is 22.8 Å². The first kappa shape index (κ1) is 17.5. The number of hydrogen-bond donors (Lipinski definition) is 1. The van der Waals surface area contributed by atoms with Gasteiger partial charge in [-0.3, -0.25) is 9.59 Å². The predicted molar refractivity (Wildman–Crippen MR) is 85.2 cm³/mol. The van der Waals surface area contributed by atoms with Crippen LogP contribution < -0.4 is 5.32 Å². The zero-order valence-corrected chi connectivity index (χ0v) is 12.7. The first-order chi connectivity index (χ1) is 11.3. The third-order valence-corrected chi connectivity index (χ3v) is 3.20. The summed E-state index contributed by atoms with van der Waals surface area (Å²) in [7, 11) is 0. The summed E-state index contributed by atoms with van der Waals surface area (Å²) >= 11 is 0. The van der Waals surface area contributed by atoms with E-state index in [0.717, 1.165) is 12.1 Å². The van der Waals surface area contributed by atoms with Crippen molar-refractivity contribution in [3.63, 3.8) is 0 Å². The van der Waals surface area contributed by atoms with E-state index >= 15 is 0 Å². The fourth-order valence-electron chi connectivity index (χ4n) is 1.98. The second-order valence-electron chi connectivity index (χ2n) is 5.05. The number of halogens is 3. The van der Waals surface area contributed by atoms with Gasteiger partial charge in [0, 0.05) is 5.69 Å². The summed E-state index contributed by atoms with van der Waals surface area (Å²) in [6.45, 7) is 1.22. The first-order valence-corrected chi connectivity index (χ1v) is 7.03. The molecule has 1 N–H and O–H groups in total. The number of benzene rings is 2. The number of amides is 1. The fraction of sp³-hybridized carbons (Fsp3) is 0.111. The van der Waals surface area contributed by atoms with E-state index in [-0.39, 0.29) is 5.57 Å². The lowest BCUT2D eigenvalue weighted by Gasteiger charge is -2.08. The van der Waals surface area contributed by atoms with Crippen molar-refractivity contribution in [3.8, 4) is 0 Å². The second-order valence-corrected chi connectivity index (χ2v) is 5.05. The summed E-state index contributed by atoms with van der Waals surface area (Å²) in [5.41, 5.74) is -0.0881. The molecule has 0 aliphatic rings. The van der Waals surface area contributed by atoms with Crippen molar-refractivity contribution in [2.45, 2.75) is 13.1 Å². The molecule has 0 spiro atoms. The van der Waals surface area contributed by atoms with E-state index < -0.39 is 23.4 Å². The number of carbonyl (C=O) groups is 2. The summed E-state index contributed by atoms with van der Waals surface area (Å²) in [6.07, 6.45) is -3.17. The third-order valence-electron chi connectivity index (χ3n) is 3.20. The van der Waals surface area contributed by atoms with Crippen molar-refractivity contribution in [1.82, 2.24) is 0 Å². The smallest absolute Gasteiger partial charge is 0.322 e. The fourth-order valence-corrected chi connectivity index (χ4v) is 1.98. The largest absolute Gasteiger partial charge is 0.416 e. The standard InChI is InChI=1S/C18H14F3NO2/c1-12(23)16(17(24)22-15-5-3-2-4-6-15)11-13-7-9-14(10-8-13)18(19,20)21/h2-11H,1H3,(H,22,24)/b16-11-. The molecule has 2 rings (SSSR count). The summed E-state index contributed by atoms with van der Waals surface area (Å²) < 4.78 is 37.6. The topological polar surface area (TPSA) is 46.2 Å². The van der Waals surface area contributed by atoms with E-state index in [1.165, 1.54) is 25.1 Å². The van der Waals surface area contributed by atoms with Crippen LogP contribution in [0.5, 0.6) is 0 Å². The Bertz CT molecular complexity index is 763. The SMILES string of the molecule is CC(=O)/C(=C/c1ccc(C(F)(F)F)cc1)C(=O)Nc1ccccc1. The van der Waals surface area contributed by atoms with Crippen molar-refractivity contribution in [3.05, 3.63) is 71.3 Å². The van der Waals surface area contributed by atoms with E-state index in [1.54, 1.807) is 30.3 Å². The minimum atomic E-state index is -4.43. The monoisotopic (exact) mass is 333 g/mol. The molecular weight excluding hydrogens is 319 g/mol. The minimum absolute atomic E-state index is 0.140. The molecule has 6 heteroatoms. The lowest BCUT2D eigenvalue weighted by atomic mass is 10.1. The van der Waals surface area contributed by atoms with Crippen LogP contribution in [0.4, 0.5) is 18.9 Å². The highest BCUT2D eigenvalue weighted by Crippen LogP contribution is 2.29. The van der Waals surface area contributed by atoms with E-state index in [9.17, 15) is 22.8 Å². The Morgan fingerprint density at radius 1 is 0.958 bits per heavy atom. The zero-order chi connectivity index (χ0) is 17.7. The highest BCUT2D eigenvalue weighted by Gasteiger charge is 2.29. The number of nitrogens with one attached hydrogen (secondary N) is 1. The molecule has 0 aliphatic carbocycles. The maximum Gasteiger partial charge on any atom is 0.416 e. The summed E-state index contributed by atoms with van der Waals surface area (Å²) in [5.74, 6) is -1.10. The molecule has 0 saturated carbocycles. The number of carbonyl (C=O) groups excluding carboxylic acids is 2. The van der Waals surface area contributed by atoms with E-state index in [4.69, 9.17) is 0 Å². The normalized spacial score (nSPS) is 11.9. The zero-order valence-electron chi connectivity index (χ0n) is 12.7. The highest BCUT2D eigenvalue weighted by molar-refractivity contribution is 6.25. The number of anilines is 1. The number of ketones is 1. The quantitative estimate of drug-likeness (QED) is 0.515. The van der Waals surface area contributed by atoms with Gasteiger partial charge >= 0.3 is 6.18 Å². The van der Waals surface area contributed by atoms with Gasteiger partial charge in [0.05, 0.1) is 11.1 Å². The molecule has 0 aliphatic heterocycles. The summed E-state index contributed by atoms with van der Waals surface area (Å²) in [4.78, 5) is 23.9. The molecule has 2 aromatic carbocycles. The Labute approximate surface area is 136 Å². The maximum absolute atomic E-state index is 12.5. The molecule has 0 aromatic heterocycles. The predicted octanol–water partition coefficient (Wildman–Crippen LogP) is 4.32. The van der Waals surface area contributed by atoms with Crippen LogP contribution in [-0.2, 0) is 15.8 Å². The van der Waals surface area contributed by atoms with Crippen LogP contribution in [0, 0.1) is 0 Å². The van der Waals surface area contributed by atoms with Gasteiger partial charge in [0.2, 0.25) is 0 Å². The molecule has 0 fully saturated rings. The van der Waals surface area contributed by atoms with Gasteiger partial charge < -0.3 is 5.32 Å². The molecule has 0 saturated heterocycles. The van der Waals surface area contributed by atoms with E-state index in [0.29, 0.717) is 11.3 Å². The van der Waals surface area contributed by atoms with Gasteiger partial charge in [0.1, 0.15) is 0 Å². The molecule has 2 aromatic rings. The number of Topliss-reactive ketones (excluding diaryl/α,β-unsaturated/α-hetero) is 1. The minimum Gasteiger partial charge on any atom is -0.322 e. The van der Waals surface area contributed by atoms with Crippen LogP contribution >= 0.6 is 0 Å². The average molecular weight is 333 g/mol. The molecule has 0 atom stereocenters. The van der Waals surface area contributed by atoms with Gasteiger partial charge in [-0.05, 0) is 42.8 Å². The van der Waals surface area contributed by atoms with Gasteiger partial charge in [-0.2, -0.15) is 13.2 Å². The Morgan fingerprint density at radius 2 is 1.54 bits per heavy atom. The number of para-hydroxylation sites is 1. The first-order valence-electron chi connectivity index (χ1n) is 7.03. The number of hydrogen-bond acceptors (Lipinski definition) is 2. The highest BCUT2D eigenvalue weighted by atomic mass is 19.4. The molecule has 124 valence electrons. The lowest BCUT2D eigenvalue weighted by Crippen LogP contribution is -2.18. The molecule has 0 unspecified atom stereocenters. The van der Waals surface area contributed by atoms with Gasteiger partial charge in [-0.1, -0.05) is 30.3 Å². The maximum atomic E-state index is 12.5. The summed E-state index contributed by atoms with van der Waals surface area (Å²) in [6, 6.07) is 12.8.